The molecular weight excluding hydrogens is 192 g/mol. The second-order valence-electron chi connectivity index (χ2n) is 4.17. The third kappa shape index (κ3) is 2.89. The molecule has 0 radical (unpaired) electrons. The van der Waals surface area contributed by atoms with Crippen LogP contribution in [0.4, 0.5) is 5.69 Å². The van der Waals surface area contributed by atoms with Crippen molar-refractivity contribution in [3.8, 4) is 0 Å². The van der Waals surface area contributed by atoms with Gasteiger partial charge in [-0.1, -0.05) is 5.16 Å². The van der Waals surface area contributed by atoms with Crippen LogP contribution >= 0.6 is 0 Å². The quantitative estimate of drug-likeness (QED) is 0.268. The van der Waals surface area contributed by atoms with Crippen LogP contribution < -0.4 is 4.48 Å². The van der Waals surface area contributed by atoms with Gasteiger partial charge in [0.15, 0.2) is 0 Å². The van der Waals surface area contributed by atoms with Crippen LogP contribution in [0, 0.1) is 0 Å². The first kappa shape index (κ1) is 11.4. The molecule has 0 bridgehead atoms. The lowest BCUT2D eigenvalue weighted by Crippen LogP contribution is -2.34. The van der Waals surface area contributed by atoms with Crippen molar-refractivity contribution in [2.24, 2.45) is 5.16 Å². The maximum Gasteiger partial charge on any atom is 0.207 e. The minimum Gasteiger partial charge on any atom is -0.411 e. The molecule has 1 aromatic rings. The highest BCUT2D eigenvalue weighted by Gasteiger charge is 2.12. The Morgan fingerprint density at radius 1 is 1.27 bits per heavy atom. The minimum atomic E-state index is -0.301. The molecule has 1 rings (SSSR count). The summed E-state index contributed by atoms with van der Waals surface area (Å²) in [5, 5.41) is 10.9. The first-order valence-corrected chi connectivity index (χ1v) is 4.59. The molecule has 1 aromatic carbocycles. The van der Waals surface area contributed by atoms with Crippen molar-refractivity contribution in [3.63, 3.8) is 0 Å². The molecule has 0 aliphatic rings. The van der Waals surface area contributed by atoms with Gasteiger partial charge in [0.2, 0.25) is 5.78 Å². The van der Waals surface area contributed by atoms with E-state index >= 15 is 0 Å². The SMILES string of the molecule is C[N+](C)(C)c1ccc(C(=O)C=NO)cc1. The summed E-state index contributed by atoms with van der Waals surface area (Å²) >= 11 is 0. The van der Waals surface area contributed by atoms with E-state index in [9.17, 15) is 4.79 Å². The summed E-state index contributed by atoms with van der Waals surface area (Å²) in [6.07, 6.45) is 0.890. The molecule has 0 aliphatic heterocycles. The van der Waals surface area contributed by atoms with Crippen molar-refractivity contribution >= 4 is 17.7 Å². The molecule has 80 valence electrons. The third-order valence-electron chi connectivity index (χ3n) is 2.10. The van der Waals surface area contributed by atoms with Crippen molar-refractivity contribution in [2.45, 2.75) is 0 Å². The van der Waals surface area contributed by atoms with Crippen LogP contribution in [0.2, 0.25) is 0 Å². The molecule has 0 aromatic heterocycles. The number of oxime groups is 1. The van der Waals surface area contributed by atoms with E-state index in [2.05, 4.69) is 5.16 Å². The van der Waals surface area contributed by atoms with E-state index in [1.54, 1.807) is 12.1 Å². The summed E-state index contributed by atoms with van der Waals surface area (Å²) in [5.41, 5.74) is 1.62. The zero-order valence-corrected chi connectivity index (χ0v) is 9.14. The summed E-state index contributed by atoms with van der Waals surface area (Å²) < 4.78 is 0.697. The van der Waals surface area contributed by atoms with E-state index < -0.39 is 0 Å². The minimum absolute atomic E-state index is 0.301. The molecule has 0 atom stereocenters. The molecule has 0 heterocycles. The van der Waals surface area contributed by atoms with Crippen LogP contribution in [-0.4, -0.2) is 38.3 Å². The number of quaternary nitrogens is 1. The molecule has 0 amide bonds. The molecule has 0 saturated carbocycles. The summed E-state index contributed by atoms with van der Waals surface area (Å²) in [6, 6.07) is 7.22. The molecule has 15 heavy (non-hydrogen) atoms. The van der Waals surface area contributed by atoms with Crippen molar-refractivity contribution < 1.29 is 10.0 Å². The normalized spacial score (nSPS) is 11.9. The largest absolute Gasteiger partial charge is 0.411 e. The Balaban J connectivity index is 2.95. The van der Waals surface area contributed by atoms with Crippen LogP contribution in [0.3, 0.4) is 0 Å². The van der Waals surface area contributed by atoms with Crippen molar-refractivity contribution in [1.29, 1.82) is 0 Å². The Bertz CT molecular complexity index is 375. The van der Waals surface area contributed by atoms with Gasteiger partial charge in [-0.2, -0.15) is 0 Å². The Labute approximate surface area is 89.0 Å². The summed E-state index contributed by atoms with van der Waals surface area (Å²) in [5.74, 6) is -0.301. The smallest absolute Gasteiger partial charge is 0.207 e. The van der Waals surface area contributed by atoms with E-state index in [4.69, 9.17) is 5.21 Å². The average Bonchev–Trinajstić information content (AvgIpc) is 2.17. The van der Waals surface area contributed by atoms with E-state index in [1.165, 1.54) is 0 Å². The second kappa shape index (κ2) is 4.23. The Hall–Kier alpha value is -1.68. The molecule has 0 fully saturated rings. The monoisotopic (exact) mass is 207 g/mol. The number of hydrogen-bond donors (Lipinski definition) is 1. The Morgan fingerprint density at radius 3 is 2.20 bits per heavy atom. The maximum absolute atomic E-state index is 11.3. The summed E-state index contributed by atoms with van der Waals surface area (Å²) in [4.78, 5) is 11.3. The predicted molar refractivity (Wildman–Crippen MR) is 60.6 cm³/mol. The van der Waals surface area contributed by atoms with E-state index in [0.29, 0.717) is 10.0 Å². The molecular formula is C11H15N2O2+. The number of Topliss-reactive ketones (excluding diaryl/α,β-unsaturated/α-hetero) is 1. The molecule has 4 heteroatoms. The van der Waals surface area contributed by atoms with Crippen LogP contribution in [0.15, 0.2) is 29.4 Å². The molecule has 4 nitrogen and oxygen atoms in total. The topological polar surface area (TPSA) is 49.7 Å². The molecule has 1 N–H and O–H groups in total. The van der Waals surface area contributed by atoms with Crippen LogP contribution in [0.25, 0.3) is 0 Å². The lowest BCUT2D eigenvalue weighted by molar-refractivity contribution is 0.106. The number of nitrogens with zero attached hydrogens (tertiary/aromatic N) is 2. The van der Waals surface area contributed by atoms with Gasteiger partial charge in [0, 0.05) is 5.56 Å². The van der Waals surface area contributed by atoms with Gasteiger partial charge >= 0.3 is 0 Å². The highest BCUT2D eigenvalue weighted by atomic mass is 16.4. The van der Waals surface area contributed by atoms with Gasteiger partial charge in [-0.15, -0.1) is 0 Å². The fourth-order valence-corrected chi connectivity index (χ4v) is 1.20. The average molecular weight is 207 g/mol. The highest BCUT2D eigenvalue weighted by molar-refractivity contribution is 6.35. The number of rotatable bonds is 3. The number of ketones is 1. The van der Waals surface area contributed by atoms with Crippen molar-refractivity contribution in [3.05, 3.63) is 29.8 Å². The van der Waals surface area contributed by atoms with Crippen LogP contribution in [0.1, 0.15) is 10.4 Å². The van der Waals surface area contributed by atoms with Gasteiger partial charge < -0.3 is 5.21 Å². The fraction of sp³-hybridized carbons (Fsp3) is 0.273. The predicted octanol–water partition coefficient (Wildman–Crippen LogP) is 1.53. The lowest BCUT2D eigenvalue weighted by atomic mass is 10.1. The van der Waals surface area contributed by atoms with Crippen LogP contribution in [-0.2, 0) is 0 Å². The number of benzene rings is 1. The first-order chi connectivity index (χ1) is 6.95. The highest BCUT2D eigenvalue weighted by Crippen LogP contribution is 2.17. The summed E-state index contributed by atoms with van der Waals surface area (Å²) in [6.45, 7) is 0. The Kier molecular flexibility index (Phi) is 3.21. The zero-order valence-electron chi connectivity index (χ0n) is 9.14. The second-order valence-corrected chi connectivity index (χ2v) is 4.17. The Morgan fingerprint density at radius 2 is 1.80 bits per heavy atom. The number of carbonyl (C=O) groups is 1. The van der Waals surface area contributed by atoms with Gasteiger partial charge in [0.1, 0.15) is 11.9 Å². The molecule has 0 aliphatic carbocycles. The zero-order chi connectivity index (χ0) is 11.5. The molecule has 0 saturated heterocycles. The summed E-state index contributed by atoms with van der Waals surface area (Å²) in [7, 11) is 6.14. The van der Waals surface area contributed by atoms with Gasteiger partial charge in [-0.05, 0) is 24.3 Å². The van der Waals surface area contributed by atoms with Gasteiger partial charge in [-0.25, -0.2) is 0 Å². The maximum atomic E-state index is 11.3. The van der Waals surface area contributed by atoms with Gasteiger partial charge in [0.05, 0.1) is 21.1 Å². The van der Waals surface area contributed by atoms with Crippen molar-refractivity contribution in [2.75, 3.05) is 21.1 Å². The van der Waals surface area contributed by atoms with Crippen LogP contribution in [0.5, 0.6) is 0 Å². The molecule has 0 unspecified atom stereocenters. The number of carbonyl (C=O) groups excluding carboxylic acids is 1. The molecule has 0 spiro atoms. The van der Waals surface area contributed by atoms with E-state index in [1.807, 2.05) is 33.3 Å². The lowest BCUT2D eigenvalue weighted by Gasteiger charge is -2.23. The van der Waals surface area contributed by atoms with Gasteiger partial charge in [0.25, 0.3) is 0 Å². The standard InChI is InChI=1S/C11H14N2O2/c1-13(2,3)10-6-4-9(5-7-10)11(14)8-12-15/h4-8H,1-3H3/p+1. The van der Waals surface area contributed by atoms with Gasteiger partial charge in [-0.3, -0.25) is 9.28 Å². The third-order valence-corrected chi connectivity index (χ3v) is 2.10. The fourth-order valence-electron chi connectivity index (χ4n) is 1.20. The van der Waals surface area contributed by atoms with E-state index in [-0.39, 0.29) is 5.78 Å². The van der Waals surface area contributed by atoms with E-state index in [0.717, 1.165) is 11.9 Å². The van der Waals surface area contributed by atoms with Crippen molar-refractivity contribution in [1.82, 2.24) is 4.48 Å². The number of hydrogen-bond acceptors (Lipinski definition) is 3. The first-order valence-electron chi connectivity index (χ1n) is 4.59.